The maximum absolute atomic E-state index is 12.2. The molecule has 8 heteroatoms. The summed E-state index contributed by atoms with van der Waals surface area (Å²) in [6.07, 6.45) is 0. The Morgan fingerprint density at radius 1 is 0.871 bits per heavy atom. The van der Waals surface area contributed by atoms with Gasteiger partial charge in [-0.1, -0.05) is 109 Å². The maximum Gasteiger partial charge on any atom is 0.242 e. The monoisotopic (exact) mass is 446 g/mol. The second-order valence-electron chi connectivity index (χ2n) is 6.57. The zero-order valence-corrected chi connectivity index (χ0v) is 18.0. The molecule has 1 heterocycles. The van der Waals surface area contributed by atoms with Gasteiger partial charge in [0.15, 0.2) is 5.13 Å². The number of rotatable bonds is 7. The van der Waals surface area contributed by atoms with Crippen molar-refractivity contribution in [2.45, 2.75) is 5.60 Å². The van der Waals surface area contributed by atoms with Gasteiger partial charge in [-0.15, -0.1) is 0 Å². The van der Waals surface area contributed by atoms with Crippen LogP contribution in [-0.4, -0.2) is 20.2 Å². The van der Waals surface area contributed by atoms with Crippen LogP contribution in [0.15, 0.2) is 96.2 Å². The van der Waals surface area contributed by atoms with E-state index in [-0.39, 0.29) is 16.7 Å². The number of carbonyl (C=O) groups excluding carboxylic acids is 1. The zero-order valence-electron chi connectivity index (χ0n) is 16.3. The van der Waals surface area contributed by atoms with E-state index in [1.807, 2.05) is 91.0 Å². The third-order valence-electron chi connectivity index (χ3n) is 4.67. The molecule has 1 aromatic heterocycles. The average Bonchev–Trinajstić information content (AvgIpc) is 3.24. The number of nitrogen functional groups attached to an aromatic ring is 1. The molecule has 0 saturated heterocycles. The minimum Gasteiger partial charge on any atom is -0.374 e. The number of thiol groups is 1. The third kappa shape index (κ3) is 4.21. The molecule has 0 bridgehead atoms. The van der Waals surface area contributed by atoms with Gasteiger partial charge in [0.25, 0.3) is 0 Å². The van der Waals surface area contributed by atoms with Crippen LogP contribution in [0.4, 0.5) is 5.13 Å². The second kappa shape index (κ2) is 9.11. The summed E-state index contributed by atoms with van der Waals surface area (Å²) >= 11 is 4.91. The lowest BCUT2D eigenvalue weighted by Gasteiger charge is -2.33. The number of carbonyl (C=O) groups is 1. The zero-order chi connectivity index (χ0) is 21.7. The van der Waals surface area contributed by atoms with Gasteiger partial charge in [0.05, 0.1) is 0 Å². The van der Waals surface area contributed by atoms with Crippen LogP contribution in [0.3, 0.4) is 0 Å². The van der Waals surface area contributed by atoms with Crippen LogP contribution >= 0.6 is 24.2 Å². The van der Waals surface area contributed by atoms with Gasteiger partial charge < -0.3 is 10.6 Å². The molecule has 154 valence electrons. The van der Waals surface area contributed by atoms with Gasteiger partial charge in [0.1, 0.15) is 0 Å². The molecule has 31 heavy (non-hydrogen) atoms. The number of nitrogens with two attached hydrogens (primary N) is 1. The third-order valence-corrected chi connectivity index (χ3v) is 5.43. The minimum atomic E-state index is -1.13. The first-order valence-corrected chi connectivity index (χ1v) is 10.6. The topological polar surface area (TPSA) is 90.5 Å². The van der Waals surface area contributed by atoms with Crippen molar-refractivity contribution < 1.29 is 9.63 Å². The van der Waals surface area contributed by atoms with Crippen LogP contribution < -0.4 is 5.73 Å². The molecule has 3 aromatic carbocycles. The van der Waals surface area contributed by atoms with Crippen molar-refractivity contribution in [3.05, 3.63) is 114 Å². The molecule has 0 saturated carbocycles. The molecule has 0 aliphatic carbocycles. The predicted molar refractivity (Wildman–Crippen MR) is 125 cm³/mol. The summed E-state index contributed by atoms with van der Waals surface area (Å²) in [5.41, 5.74) is 6.96. The van der Waals surface area contributed by atoms with Gasteiger partial charge >= 0.3 is 0 Å². The van der Waals surface area contributed by atoms with Crippen LogP contribution in [-0.2, 0) is 15.2 Å². The van der Waals surface area contributed by atoms with Crippen LogP contribution in [0.25, 0.3) is 0 Å². The summed E-state index contributed by atoms with van der Waals surface area (Å²) in [6.45, 7) is 0. The van der Waals surface area contributed by atoms with E-state index < -0.39 is 10.7 Å². The number of aromatic nitrogens is 2. The maximum atomic E-state index is 12.2. The summed E-state index contributed by atoms with van der Waals surface area (Å²) in [5.74, 6) is 0.0746. The molecular formula is C23H18N4O2S2. The van der Waals surface area contributed by atoms with Crippen LogP contribution in [0.1, 0.15) is 22.5 Å². The molecule has 0 fully saturated rings. The molecule has 6 nitrogen and oxygen atoms in total. The molecule has 0 radical (unpaired) electrons. The van der Waals surface area contributed by atoms with E-state index in [0.29, 0.717) is 0 Å². The summed E-state index contributed by atoms with van der Waals surface area (Å²) in [4.78, 5) is 22.6. The largest absolute Gasteiger partial charge is 0.374 e. The fourth-order valence-electron chi connectivity index (χ4n) is 3.30. The van der Waals surface area contributed by atoms with Crippen molar-refractivity contribution >= 4 is 40.1 Å². The van der Waals surface area contributed by atoms with Crippen LogP contribution in [0.5, 0.6) is 0 Å². The fraction of sp³-hybridized carbons (Fsp3) is 0.0435. The van der Waals surface area contributed by atoms with Crippen molar-refractivity contribution in [1.29, 1.82) is 0 Å². The highest BCUT2D eigenvalue weighted by atomic mass is 32.1. The van der Waals surface area contributed by atoms with Gasteiger partial charge in [-0.05, 0) is 0 Å². The van der Waals surface area contributed by atoms with E-state index in [1.54, 1.807) is 0 Å². The molecule has 0 aliphatic rings. The molecule has 0 unspecified atom stereocenters. The number of hydrogen-bond acceptors (Lipinski definition) is 7. The molecule has 0 spiro atoms. The van der Waals surface area contributed by atoms with Crippen molar-refractivity contribution in [2.24, 2.45) is 5.16 Å². The smallest absolute Gasteiger partial charge is 0.242 e. The van der Waals surface area contributed by atoms with Gasteiger partial charge in [-0.25, -0.2) is 0 Å². The summed E-state index contributed by atoms with van der Waals surface area (Å²) in [5, 5.41) is 3.82. The van der Waals surface area contributed by atoms with E-state index in [2.05, 4.69) is 27.1 Å². The summed E-state index contributed by atoms with van der Waals surface area (Å²) in [6, 6.07) is 29.1. The minimum absolute atomic E-state index is 0.0746. The van der Waals surface area contributed by atoms with Gasteiger partial charge in [-0.3, -0.25) is 4.79 Å². The SMILES string of the molecule is Nc1nc(C(=NOC(c2ccccc2)(c2ccccc2)c2ccccc2)C(=O)S)ns1. The van der Waals surface area contributed by atoms with Crippen molar-refractivity contribution in [3.8, 4) is 0 Å². The Bertz CT molecular complexity index is 1100. The van der Waals surface area contributed by atoms with Gasteiger partial charge in [0.2, 0.25) is 22.3 Å². The number of anilines is 1. The molecule has 0 atom stereocenters. The quantitative estimate of drug-likeness (QED) is 0.191. The van der Waals surface area contributed by atoms with Gasteiger partial charge in [-0.2, -0.15) is 9.36 Å². The van der Waals surface area contributed by atoms with E-state index in [9.17, 15) is 4.79 Å². The van der Waals surface area contributed by atoms with Crippen molar-refractivity contribution in [3.63, 3.8) is 0 Å². The fourth-order valence-corrected chi connectivity index (χ4v) is 3.87. The lowest BCUT2D eigenvalue weighted by molar-refractivity contribution is -0.105. The first-order valence-electron chi connectivity index (χ1n) is 9.37. The number of oxime groups is 1. The summed E-state index contributed by atoms with van der Waals surface area (Å²) in [7, 11) is 0. The van der Waals surface area contributed by atoms with Crippen LogP contribution in [0, 0.1) is 0 Å². The summed E-state index contributed by atoms with van der Waals surface area (Å²) < 4.78 is 4.08. The molecule has 0 aliphatic heterocycles. The van der Waals surface area contributed by atoms with E-state index in [1.165, 1.54) is 0 Å². The molecular weight excluding hydrogens is 428 g/mol. The average molecular weight is 447 g/mol. The molecule has 2 N–H and O–H groups in total. The van der Waals surface area contributed by atoms with E-state index in [0.717, 1.165) is 28.2 Å². The number of nitrogens with zero attached hydrogens (tertiary/aromatic N) is 3. The molecule has 4 aromatic rings. The lowest BCUT2D eigenvalue weighted by atomic mass is 9.80. The number of benzene rings is 3. The molecule has 4 rings (SSSR count). The van der Waals surface area contributed by atoms with E-state index in [4.69, 9.17) is 10.6 Å². The highest BCUT2D eigenvalue weighted by Gasteiger charge is 2.40. The Morgan fingerprint density at radius 2 is 1.32 bits per heavy atom. The van der Waals surface area contributed by atoms with Crippen molar-refractivity contribution in [2.75, 3.05) is 5.73 Å². The highest BCUT2D eigenvalue weighted by Crippen LogP contribution is 2.40. The Labute approximate surface area is 189 Å². The second-order valence-corrected chi connectivity index (χ2v) is 7.76. The number of hydrogen-bond donors (Lipinski definition) is 2. The van der Waals surface area contributed by atoms with Gasteiger partial charge in [0, 0.05) is 28.2 Å². The Balaban J connectivity index is 1.95. The Hall–Kier alpha value is -3.49. The Morgan fingerprint density at radius 3 is 1.68 bits per heavy atom. The normalized spacial score (nSPS) is 11.8. The first-order chi connectivity index (χ1) is 15.1. The lowest BCUT2D eigenvalue weighted by Crippen LogP contribution is -2.32. The molecule has 0 amide bonds. The van der Waals surface area contributed by atoms with Crippen LogP contribution in [0.2, 0.25) is 0 Å². The standard InChI is InChI=1S/C23H18N4O2S2/c24-22-25-20(27-31-22)19(21(28)30)26-29-23(16-10-4-1-5-11-16,17-12-6-2-7-13-17)18-14-8-3-9-15-18/h1-15H,(H,28,30)(H2,24,25,27). The first kappa shape index (κ1) is 20.8. The highest BCUT2D eigenvalue weighted by molar-refractivity contribution is 7.99. The van der Waals surface area contributed by atoms with E-state index >= 15 is 0 Å². The van der Waals surface area contributed by atoms with Crippen molar-refractivity contribution in [1.82, 2.24) is 9.36 Å². The Kier molecular flexibility index (Phi) is 6.11. The predicted octanol–water partition coefficient (Wildman–Crippen LogP) is 4.29.